The Morgan fingerprint density at radius 1 is 1.42 bits per heavy atom. The van der Waals surface area contributed by atoms with Crippen molar-refractivity contribution in [3.05, 3.63) is 23.7 Å². The van der Waals surface area contributed by atoms with E-state index in [-0.39, 0.29) is 0 Å². The van der Waals surface area contributed by atoms with Gasteiger partial charge in [0.25, 0.3) is 0 Å². The standard InChI is InChI=1S/C14H18ClN3O/c1-10-3-7-16-14-13(10)17-12(2-6-15)18(14)11-4-8-19-9-5-11/h3,7,11H,2,4-6,8-9H2,1H3. The van der Waals surface area contributed by atoms with Gasteiger partial charge in [0.2, 0.25) is 0 Å². The highest BCUT2D eigenvalue weighted by Crippen LogP contribution is 2.28. The fourth-order valence-electron chi connectivity index (χ4n) is 2.74. The molecule has 3 rings (SSSR count). The van der Waals surface area contributed by atoms with Gasteiger partial charge in [0.1, 0.15) is 11.3 Å². The highest BCUT2D eigenvalue weighted by molar-refractivity contribution is 6.17. The normalized spacial score (nSPS) is 17.2. The van der Waals surface area contributed by atoms with Crippen LogP contribution in [0.5, 0.6) is 0 Å². The van der Waals surface area contributed by atoms with Crippen molar-refractivity contribution in [2.24, 2.45) is 0 Å². The molecule has 0 aromatic carbocycles. The number of hydrogen-bond acceptors (Lipinski definition) is 3. The van der Waals surface area contributed by atoms with Crippen molar-refractivity contribution in [3.63, 3.8) is 0 Å². The van der Waals surface area contributed by atoms with Gasteiger partial charge in [0.05, 0.1) is 0 Å². The van der Waals surface area contributed by atoms with Crippen LogP contribution in [-0.2, 0) is 11.2 Å². The summed E-state index contributed by atoms with van der Waals surface area (Å²) in [4.78, 5) is 9.29. The Bertz CT molecular complexity index is 575. The number of aryl methyl sites for hydroxylation is 2. The molecule has 0 spiro atoms. The number of nitrogens with zero attached hydrogens (tertiary/aromatic N) is 3. The minimum atomic E-state index is 0.436. The van der Waals surface area contributed by atoms with Gasteiger partial charge in [-0.1, -0.05) is 0 Å². The number of aromatic nitrogens is 3. The molecule has 0 bridgehead atoms. The number of rotatable bonds is 3. The van der Waals surface area contributed by atoms with E-state index in [0.29, 0.717) is 11.9 Å². The molecule has 19 heavy (non-hydrogen) atoms. The van der Waals surface area contributed by atoms with Crippen LogP contribution in [0.2, 0.25) is 0 Å². The molecule has 4 nitrogen and oxygen atoms in total. The maximum Gasteiger partial charge on any atom is 0.160 e. The Kier molecular flexibility index (Phi) is 3.71. The molecular formula is C14H18ClN3O. The van der Waals surface area contributed by atoms with E-state index in [2.05, 4.69) is 16.5 Å². The van der Waals surface area contributed by atoms with E-state index < -0.39 is 0 Å². The zero-order chi connectivity index (χ0) is 13.2. The molecule has 102 valence electrons. The summed E-state index contributed by atoms with van der Waals surface area (Å²) in [5.41, 5.74) is 3.17. The summed E-state index contributed by atoms with van der Waals surface area (Å²) in [6.07, 6.45) is 4.70. The number of ether oxygens (including phenoxy) is 1. The summed E-state index contributed by atoms with van der Waals surface area (Å²) in [5.74, 6) is 1.64. The van der Waals surface area contributed by atoms with E-state index in [1.165, 1.54) is 5.56 Å². The van der Waals surface area contributed by atoms with Gasteiger partial charge in [-0.05, 0) is 31.4 Å². The van der Waals surface area contributed by atoms with Crippen LogP contribution in [0.25, 0.3) is 11.2 Å². The molecule has 3 heterocycles. The molecule has 0 atom stereocenters. The number of pyridine rings is 1. The Balaban J connectivity index is 2.13. The van der Waals surface area contributed by atoms with Crippen LogP contribution in [-0.4, -0.2) is 33.6 Å². The summed E-state index contributed by atoms with van der Waals surface area (Å²) in [6.45, 7) is 3.71. The number of halogens is 1. The fourth-order valence-corrected chi connectivity index (χ4v) is 2.91. The molecule has 0 saturated carbocycles. The van der Waals surface area contributed by atoms with E-state index in [4.69, 9.17) is 21.3 Å². The molecule has 0 aliphatic carbocycles. The highest BCUT2D eigenvalue weighted by Gasteiger charge is 2.22. The number of fused-ring (bicyclic) bond motifs is 1. The zero-order valence-corrected chi connectivity index (χ0v) is 11.9. The summed E-state index contributed by atoms with van der Waals surface area (Å²) >= 11 is 5.92. The monoisotopic (exact) mass is 279 g/mol. The smallest absolute Gasteiger partial charge is 0.160 e. The minimum absolute atomic E-state index is 0.436. The molecule has 1 fully saturated rings. The van der Waals surface area contributed by atoms with Crippen LogP contribution < -0.4 is 0 Å². The molecule has 0 N–H and O–H groups in total. The maximum atomic E-state index is 5.92. The van der Waals surface area contributed by atoms with Crippen molar-refractivity contribution in [3.8, 4) is 0 Å². The lowest BCUT2D eigenvalue weighted by atomic mass is 10.1. The van der Waals surface area contributed by atoms with E-state index in [9.17, 15) is 0 Å². The van der Waals surface area contributed by atoms with Crippen LogP contribution in [0, 0.1) is 6.92 Å². The molecule has 2 aromatic rings. The molecule has 2 aromatic heterocycles. The second kappa shape index (κ2) is 5.47. The summed E-state index contributed by atoms with van der Waals surface area (Å²) in [6, 6.07) is 2.44. The second-order valence-electron chi connectivity index (χ2n) is 4.98. The average Bonchev–Trinajstić information content (AvgIpc) is 2.80. The fraction of sp³-hybridized carbons (Fsp3) is 0.571. The first-order valence-electron chi connectivity index (χ1n) is 6.77. The van der Waals surface area contributed by atoms with Gasteiger partial charge in [-0.3, -0.25) is 0 Å². The zero-order valence-electron chi connectivity index (χ0n) is 11.1. The van der Waals surface area contributed by atoms with Gasteiger partial charge < -0.3 is 9.30 Å². The first kappa shape index (κ1) is 12.9. The highest BCUT2D eigenvalue weighted by atomic mass is 35.5. The predicted octanol–water partition coefficient (Wildman–Crippen LogP) is 2.87. The quantitative estimate of drug-likeness (QED) is 0.811. The Morgan fingerprint density at radius 3 is 2.95 bits per heavy atom. The topological polar surface area (TPSA) is 39.9 Å². The Hall–Kier alpha value is -1.13. The Morgan fingerprint density at radius 2 is 2.21 bits per heavy atom. The molecule has 0 radical (unpaired) electrons. The molecular weight excluding hydrogens is 262 g/mol. The van der Waals surface area contributed by atoms with Gasteiger partial charge in [-0.2, -0.15) is 0 Å². The molecule has 0 amide bonds. The van der Waals surface area contributed by atoms with Crippen molar-refractivity contribution in [2.75, 3.05) is 19.1 Å². The molecule has 1 aliphatic rings. The van der Waals surface area contributed by atoms with Crippen molar-refractivity contribution in [1.29, 1.82) is 0 Å². The first-order chi connectivity index (χ1) is 9.31. The number of hydrogen-bond donors (Lipinski definition) is 0. The first-order valence-corrected chi connectivity index (χ1v) is 7.31. The third kappa shape index (κ3) is 2.35. The van der Waals surface area contributed by atoms with Gasteiger partial charge in [-0.25, -0.2) is 9.97 Å². The van der Waals surface area contributed by atoms with Crippen molar-refractivity contribution < 1.29 is 4.74 Å². The third-order valence-electron chi connectivity index (χ3n) is 3.73. The van der Waals surface area contributed by atoms with Gasteiger partial charge in [0.15, 0.2) is 5.65 Å². The summed E-state index contributed by atoms with van der Waals surface area (Å²) in [7, 11) is 0. The lowest BCUT2D eigenvalue weighted by Crippen LogP contribution is -2.21. The van der Waals surface area contributed by atoms with Gasteiger partial charge in [0, 0.05) is 37.8 Å². The van der Waals surface area contributed by atoms with Crippen LogP contribution in [0.15, 0.2) is 12.3 Å². The van der Waals surface area contributed by atoms with Crippen molar-refractivity contribution in [2.45, 2.75) is 32.2 Å². The minimum Gasteiger partial charge on any atom is -0.381 e. The SMILES string of the molecule is Cc1ccnc2c1nc(CCCl)n2C1CCOCC1. The lowest BCUT2D eigenvalue weighted by molar-refractivity contribution is 0.0698. The van der Waals surface area contributed by atoms with Crippen molar-refractivity contribution >= 4 is 22.8 Å². The van der Waals surface area contributed by atoms with E-state index in [1.807, 2.05) is 12.3 Å². The molecule has 0 unspecified atom stereocenters. The molecule has 5 heteroatoms. The molecule has 1 saturated heterocycles. The van der Waals surface area contributed by atoms with E-state index >= 15 is 0 Å². The number of alkyl halides is 1. The van der Waals surface area contributed by atoms with E-state index in [1.54, 1.807) is 0 Å². The lowest BCUT2D eigenvalue weighted by Gasteiger charge is -2.25. The van der Waals surface area contributed by atoms with Gasteiger partial charge in [-0.15, -0.1) is 11.6 Å². The van der Waals surface area contributed by atoms with Crippen molar-refractivity contribution in [1.82, 2.24) is 14.5 Å². The van der Waals surface area contributed by atoms with Crippen LogP contribution in [0.4, 0.5) is 0 Å². The van der Waals surface area contributed by atoms with Crippen LogP contribution in [0.3, 0.4) is 0 Å². The maximum absolute atomic E-state index is 5.92. The Labute approximate surface area is 117 Å². The third-order valence-corrected chi connectivity index (χ3v) is 3.92. The van der Waals surface area contributed by atoms with E-state index in [0.717, 1.165) is 49.5 Å². The molecule has 1 aliphatic heterocycles. The number of imidazole rings is 1. The second-order valence-corrected chi connectivity index (χ2v) is 5.36. The largest absolute Gasteiger partial charge is 0.381 e. The van der Waals surface area contributed by atoms with Crippen LogP contribution in [0.1, 0.15) is 30.3 Å². The predicted molar refractivity (Wildman–Crippen MR) is 75.8 cm³/mol. The van der Waals surface area contributed by atoms with Crippen LogP contribution >= 0.6 is 11.6 Å². The summed E-state index contributed by atoms with van der Waals surface area (Å²) in [5, 5.41) is 0. The van der Waals surface area contributed by atoms with Gasteiger partial charge >= 0.3 is 0 Å². The average molecular weight is 280 g/mol. The summed E-state index contributed by atoms with van der Waals surface area (Å²) < 4.78 is 7.74.